The van der Waals surface area contributed by atoms with E-state index in [0.29, 0.717) is 12.8 Å². The molecule has 0 spiro atoms. The Kier molecular flexibility index (Phi) is 12.3. The zero-order chi connectivity index (χ0) is 13.6. The van der Waals surface area contributed by atoms with E-state index < -0.39 is 0 Å². The van der Waals surface area contributed by atoms with E-state index in [-0.39, 0.29) is 11.7 Å². The van der Waals surface area contributed by atoms with E-state index in [1.54, 1.807) is 0 Å². The Morgan fingerprint density at radius 3 is 2.11 bits per heavy atom. The molecule has 0 N–H and O–H groups in total. The highest BCUT2D eigenvalue weighted by atomic mass is 16.1. The van der Waals surface area contributed by atoms with Gasteiger partial charge in [0.15, 0.2) is 0 Å². The van der Waals surface area contributed by atoms with Crippen molar-refractivity contribution in [1.29, 1.82) is 0 Å². The standard InChI is InChI=1S/C16H30O2/c1-3-5-7-9-11-15(14-17)13-16(18)12-10-8-6-4-2/h14-15H,3-13H2,1-2H3. The minimum atomic E-state index is -0.0273. The molecule has 0 amide bonds. The van der Waals surface area contributed by atoms with Gasteiger partial charge < -0.3 is 4.79 Å². The number of unbranched alkanes of at least 4 members (excludes halogenated alkanes) is 6. The Morgan fingerprint density at radius 1 is 0.944 bits per heavy atom. The molecule has 1 atom stereocenters. The molecule has 0 aromatic rings. The molecule has 106 valence electrons. The van der Waals surface area contributed by atoms with Gasteiger partial charge in [0.05, 0.1) is 0 Å². The first-order valence-electron chi connectivity index (χ1n) is 7.71. The molecule has 0 rings (SSSR count). The van der Waals surface area contributed by atoms with Crippen LogP contribution in [-0.2, 0) is 9.59 Å². The lowest BCUT2D eigenvalue weighted by Gasteiger charge is -2.09. The molecular formula is C16H30O2. The molecule has 0 saturated carbocycles. The first kappa shape index (κ1) is 17.3. The van der Waals surface area contributed by atoms with E-state index in [0.717, 1.165) is 32.0 Å². The summed E-state index contributed by atoms with van der Waals surface area (Å²) in [6.07, 6.45) is 12.3. The Hall–Kier alpha value is -0.660. The molecule has 0 saturated heterocycles. The zero-order valence-corrected chi connectivity index (χ0v) is 12.2. The van der Waals surface area contributed by atoms with Gasteiger partial charge in [0.25, 0.3) is 0 Å². The average molecular weight is 254 g/mol. The summed E-state index contributed by atoms with van der Waals surface area (Å²) in [6.45, 7) is 4.34. The maximum Gasteiger partial charge on any atom is 0.133 e. The molecule has 0 aliphatic heterocycles. The molecule has 0 heterocycles. The van der Waals surface area contributed by atoms with Crippen molar-refractivity contribution in [3.8, 4) is 0 Å². The summed E-state index contributed by atoms with van der Waals surface area (Å²) in [6, 6.07) is 0. The third-order valence-corrected chi connectivity index (χ3v) is 3.42. The Labute approximate surface area is 113 Å². The maximum absolute atomic E-state index is 11.7. The second-order valence-corrected chi connectivity index (χ2v) is 5.30. The van der Waals surface area contributed by atoms with Crippen molar-refractivity contribution in [2.75, 3.05) is 0 Å². The van der Waals surface area contributed by atoms with E-state index in [2.05, 4.69) is 13.8 Å². The van der Waals surface area contributed by atoms with Gasteiger partial charge in [-0.15, -0.1) is 0 Å². The number of carbonyl (C=O) groups excluding carboxylic acids is 2. The van der Waals surface area contributed by atoms with Gasteiger partial charge in [-0.05, 0) is 12.8 Å². The summed E-state index contributed by atoms with van der Waals surface area (Å²) < 4.78 is 0. The molecule has 0 aromatic heterocycles. The lowest BCUT2D eigenvalue weighted by atomic mass is 9.95. The van der Waals surface area contributed by atoms with Crippen molar-refractivity contribution >= 4 is 12.1 Å². The first-order valence-corrected chi connectivity index (χ1v) is 7.71. The van der Waals surface area contributed by atoms with Crippen LogP contribution < -0.4 is 0 Å². The van der Waals surface area contributed by atoms with Crippen LogP contribution in [0.2, 0.25) is 0 Å². The van der Waals surface area contributed by atoms with Gasteiger partial charge in [0.1, 0.15) is 12.1 Å². The predicted octanol–water partition coefficient (Wildman–Crippen LogP) is 4.70. The summed E-state index contributed by atoms with van der Waals surface area (Å²) in [5, 5.41) is 0. The van der Waals surface area contributed by atoms with E-state index >= 15 is 0 Å². The summed E-state index contributed by atoms with van der Waals surface area (Å²) in [5.41, 5.74) is 0. The average Bonchev–Trinajstić information content (AvgIpc) is 2.38. The Balaban J connectivity index is 3.62. The highest BCUT2D eigenvalue weighted by Crippen LogP contribution is 2.15. The van der Waals surface area contributed by atoms with Crippen molar-refractivity contribution in [3.63, 3.8) is 0 Å². The molecule has 0 aliphatic rings. The van der Waals surface area contributed by atoms with E-state index in [1.165, 1.54) is 32.1 Å². The van der Waals surface area contributed by atoms with Gasteiger partial charge in [-0.25, -0.2) is 0 Å². The van der Waals surface area contributed by atoms with Crippen molar-refractivity contribution in [3.05, 3.63) is 0 Å². The predicted molar refractivity (Wildman–Crippen MR) is 76.7 cm³/mol. The van der Waals surface area contributed by atoms with Gasteiger partial charge in [-0.2, -0.15) is 0 Å². The van der Waals surface area contributed by atoms with Gasteiger partial charge in [0, 0.05) is 18.8 Å². The highest BCUT2D eigenvalue weighted by molar-refractivity contribution is 5.81. The van der Waals surface area contributed by atoms with Gasteiger partial charge in [-0.1, -0.05) is 58.8 Å². The number of rotatable bonds is 13. The van der Waals surface area contributed by atoms with Crippen molar-refractivity contribution in [1.82, 2.24) is 0 Å². The van der Waals surface area contributed by atoms with Crippen LogP contribution in [0, 0.1) is 5.92 Å². The van der Waals surface area contributed by atoms with Crippen molar-refractivity contribution in [2.45, 2.75) is 84.5 Å². The van der Waals surface area contributed by atoms with Crippen LogP contribution in [0.25, 0.3) is 0 Å². The van der Waals surface area contributed by atoms with Crippen LogP contribution in [0.3, 0.4) is 0 Å². The molecule has 0 radical (unpaired) electrons. The van der Waals surface area contributed by atoms with E-state index in [1.807, 2.05) is 0 Å². The summed E-state index contributed by atoms with van der Waals surface area (Å²) in [4.78, 5) is 22.6. The maximum atomic E-state index is 11.7. The van der Waals surface area contributed by atoms with Crippen molar-refractivity contribution < 1.29 is 9.59 Å². The molecular weight excluding hydrogens is 224 g/mol. The summed E-state index contributed by atoms with van der Waals surface area (Å²) >= 11 is 0. The lowest BCUT2D eigenvalue weighted by Crippen LogP contribution is -2.10. The van der Waals surface area contributed by atoms with E-state index in [9.17, 15) is 9.59 Å². The SMILES string of the molecule is CCCCCCC(=O)CC(C=O)CCCCCC. The molecule has 18 heavy (non-hydrogen) atoms. The fourth-order valence-corrected chi connectivity index (χ4v) is 2.19. The van der Waals surface area contributed by atoms with Crippen LogP contribution in [0.15, 0.2) is 0 Å². The second-order valence-electron chi connectivity index (χ2n) is 5.30. The van der Waals surface area contributed by atoms with E-state index in [4.69, 9.17) is 0 Å². The zero-order valence-electron chi connectivity index (χ0n) is 12.2. The van der Waals surface area contributed by atoms with Crippen molar-refractivity contribution in [2.24, 2.45) is 5.92 Å². The topological polar surface area (TPSA) is 34.1 Å². The third-order valence-electron chi connectivity index (χ3n) is 3.42. The van der Waals surface area contributed by atoms with Crippen LogP contribution >= 0.6 is 0 Å². The van der Waals surface area contributed by atoms with Crippen LogP contribution in [0.5, 0.6) is 0 Å². The second kappa shape index (κ2) is 12.8. The number of hydrogen-bond acceptors (Lipinski definition) is 2. The third kappa shape index (κ3) is 10.5. The van der Waals surface area contributed by atoms with Gasteiger partial charge in [-0.3, -0.25) is 4.79 Å². The van der Waals surface area contributed by atoms with Crippen LogP contribution in [0.1, 0.15) is 84.5 Å². The largest absolute Gasteiger partial charge is 0.303 e. The van der Waals surface area contributed by atoms with Gasteiger partial charge in [0.2, 0.25) is 0 Å². The first-order chi connectivity index (χ1) is 8.74. The van der Waals surface area contributed by atoms with Crippen LogP contribution in [0.4, 0.5) is 0 Å². The normalized spacial score (nSPS) is 12.3. The summed E-state index contributed by atoms with van der Waals surface area (Å²) in [5.74, 6) is 0.249. The highest BCUT2D eigenvalue weighted by Gasteiger charge is 2.12. The Bertz CT molecular complexity index is 211. The molecule has 0 bridgehead atoms. The smallest absolute Gasteiger partial charge is 0.133 e. The quantitative estimate of drug-likeness (QED) is 0.352. The fourth-order valence-electron chi connectivity index (χ4n) is 2.19. The number of ketones is 1. The molecule has 1 unspecified atom stereocenters. The monoisotopic (exact) mass is 254 g/mol. The van der Waals surface area contributed by atoms with Crippen LogP contribution in [-0.4, -0.2) is 12.1 Å². The Morgan fingerprint density at radius 2 is 1.56 bits per heavy atom. The number of aldehydes is 1. The number of carbonyl (C=O) groups is 2. The summed E-state index contributed by atoms with van der Waals surface area (Å²) in [7, 11) is 0. The lowest BCUT2D eigenvalue weighted by molar-refractivity contribution is -0.123. The molecule has 0 fully saturated rings. The number of hydrogen-bond donors (Lipinski definition) is 0. The molecule has 0 aliphatic carbocycles. The molecule has 0 aromatic carbocycles. The minimum absolute atomic E-state index is 0.0273. The molecule has 2 heteroatoms. The minimum Gasteiger partial charge on any atom is -0.303 e. The number of Topliss-reactive ketones (excluding diaryl/α,β-unsaturated/α-hetero) is 1. The molecule has 2 nitrogen and oxygen atoms in total. The fraction of sp³-hybridized carbons (Fsp3) is 0.875. The van der Waals surface area contributed by atoms with Gasteiger partial charge >= 0.3 is 0 Å².